The summed E-state index contributed by atoms with van der Waals surface area (Å²) in [6, 6.07) is 0. The molecule has 0 saturated heterocycles. The third kappa shape index (κ3) is 196. The van der Waals surface area contributed by atoms with Crippen LogP contribution in [0.15, 0.2) is 32.0 Å². The van der Waals surface area contributed by atoms with Gasteiger partial charge in [0.1, 0.15) is 0 Å². The maximum absolute atomic E-state index is 10.8. The minimum absolute atomic E-state index is 0. The van der Waals surface area contributed by atoms with E-state index < -0.39 is 19.9 Å². The van der Waals surface area contributed by atoms with Crippen LogP contribution in [0, 0.1) is 35.4 Å². The fraction of sp³-hybridized carbons (Fsp3) is 1.00. The van der Waals surface area contributed by atoms with Crippen molar-refractivity contribution in [3.05, 3.63) is 29.4 Å². The molecular formula is C26H73BaN6O13P3. The van der Waals surface area contributed by atoms with E-state index in [-0.39, 0.29) is 48.9 Å². The average Bonchev–Trinajstić information content (AvgIpc) is 2.91. The Morgan fingerprint density at radius 3 is 0.918 bits per heavy atom. The molecule has 0 aromatic heterocycles. The first-order valence-electron chi connectivity index (χ1n) is 15.4. The molecular weight excluding hydrogens is 835 g/mol. The second-order valence-corrected chi connectivity index (χ2v) is 26.0. The molecule has 0 saturated carbocycles. The Morgan fingerprint density at radius 1 is 0.490 bits per heavy atom. The van der Waals surface area contributed by atoms with Crippen molar-refractivity contribution in [1.29, 1.82) is 0 Å². The van der Waals surface area contributed by atoms with Crippen molar-refractivity contribution in [1.82, 2.24) is 0 Å². The monoisotopic (exact) mass is 908 g/mol. The molecule has 0 aliphatic carbocycles. The van der Waals surface area contributed by atoms with Crippen molar-refractivity contribution in [2.45, 2.75) is 110 Å². The molecule has 0 rings (SSSR count). The number of hydrogen-bond acceptors (Lipinski definition) is 13. The van der Waals surface area contributed by atoms with Gasteiger partial charge in [-0.05, 0) is 25.2 Å². The molecule has 0 heterocycles. The normalized spacial score (nSPS) is 11.1. The van der Waals surface area contributed by atoms with Gasteiger partial charge in [0.25, 0.3) is 0 Å². The molecule has 0 fully saturated rings. The molecule has 23 heteroatoms. The quantitative estimate of drug-likeness (QED) is 0.0282. The Labute approximate surface area is 336 Å². The summed E-state index contributed by atoms with van der Waals surface area (Å²) >= 11 is 0. The van der Waals surface area contributed by atoms with Gasteiger partial charge in [-0.15, -0.1) is 38.7 Å². The first-order valence-corrected chi connectivity index (χ1v) is 24.0. The van der Waals surface area contributed by atoms with Crippen LogP contribution in [0.5, 0.6) is 0 Å². The Hall–Kier alpha value is -0.779. The van der Waals surface area contributed by atoms with Crippen molar-refractivity contribution >= 4 is 72.6 Å². The minimum atomic E-state index is -0.611. The van der Waals surface area contributed by atoms with Gasteiger partial charge in [0.15, 0.2) is 32.0 Å². The first kappa shape index (κ1) is 73.6. The summed E-state index contributed by atoms with van der Waals surface area (Å²) in [5, 5.41) is 57.6. The summed E-state index contributed by atoms with van der Waals surface area (Å²) in [7, 11) is 1.57. The maximum atomic E-state index is 10.8. The van der Waals surface area contributed by atoms with Gasteiger partial charge in [-0.25, -0.2) is 0 Å². The van der Waals surface area contributed by atoms with Crippen LogP contribution in [0.2, 0.25) is 0 Å². The van der Waals surface area contributed by atoms with Crippen LogP contribution in [-0.4, -0.2) is 144 Å². The van der Waals surface area contributed by atoms with Gasteiger partial charge < -0.3 is 36.4 Å². The number of rotatable bonds is 14. The van der Waals surface area contributed by atoms with Crippen molar-refractivity contribution in [2.75, 3.05) is 53.3 Å². The van der Waals surface area contributed by atoms with Crippen LogP contribution in [-0.2, 0) is 0 Å². The van der Waals surface area contributed by atoms with E-state index in [1.165, 1.54) is 109 Å². The Kier molecular flexibility index (Phi) is 98.5. The number of unbranched alkanes of at least 4 members (excludes halogenated alkanes) is 7. The van der Waals surface area contributed by atoms with E-state index >= 15 is 0 Å². The predicted molar refractivity (Wildman–Crippen MR) is 213 cm³/mol. The van der Waals surface area contributed by atoms with E-state index in [1.807, 2.05) is 0 Å². The van der Waals surface area contributed by atoms with Crippen molar-refractivity contribution in [3.8, 4) is 0 Å². The molecule has 0 aliphatic rings. The number of hydrogen-bond donors (Lipinski definition) is 7. The van der Waals surface area contributed by atoms with E-state index in [0.29, 0.717) is 5.92 Å². The van der Waals surface area contributed by atoms with Crippen LogP contribution in [0.3, 0.4) is 0 Å². The van der Waals surface area contributed by atoms with Crippen molar-refractivity contribution < 1.29 is 36.4 Å². The molecule has 7 N–H and O–H groups in total. The van der Waals surface area contributed by atoms with Gasteiger partial charge >= 0.3 is 117 Å². The Morgan fingerprint density at radius 2 is 0.694 bits per heavy atom. The zero-order valence-corrected chi connectivity index (χ0v) is 34.3. The third-order valence-corrected chi connectivity index (χ3v) is 5.21. The summed E-state index contributed by atoms with van der Waals surface area (Å²) in [5.41, 5.74) is 0. The topological polar surface area (TPSA) is 318 Å². The fourth-order valence-electron chi connectivity index (χ4n) is 2.95. The number of aliphatic hydroxyl groups is 1. The van der Waals surface area contributed by atoms with Crippen LogP contribution in [0.1, 0.15) is 104 Å². The Bertz CT molecular complexity index is 572. The molecule has 0 aliphatic heterocycles. The van der Waals surface area contributed by atoms with Gasteiger partial charge in [0.2, 0.25) is 0 Å². The molecule has 0 amide bonds. The van der Waals surface area contributed by atoms with Crippen LogP contribution in [0.4, 0.5) is 0 Å². The Balaban J connectivity index is -0.0000000535. The summed E-state index contributed by atoms with van der Waals surface area (Å²) in [6.07, 6.45) is 16.1. The summed E-state index contributed by atoms with van der Waals surface area (Å²) < 4.78 is 0. The summed E-state index contributed by atoms with van der Waals surface area (Å²) in [5.74, 6) is 0.478. The molecule has 49 heavy (non-hydrogen) atoms. The predicted octanol–water partition coefficient (Wildman–Crippen LogP) is 8.74. The van der Waals surface area contributed by atoms with E-state index in [4.69, 9.17) is 60.7 Å². The van der Waals surface area contributed by atoms with E-state index in [0.717, 1.165) is 6.42 Å². The van der Waals surface area contributed by atoms with Crippen LogP contribution < -0.4 is 0 Å². The van der Waals surface area contributed by atoms with Crippen LogP contribution >= 0.6 is 23.8 Å². The van der Waals surface area contributed by atoms with Crippen molar-refractivity contribution in [3.63, 3.8) is 0 Å². The molecule has 3 unspecified atom stereocenters. The molecule has 302 valence electrons. The molecule has 0 aromatic carbocycles. The fourth-order valence-corrected chi connectivity index (χ4v) is 3.49. The molecule has 0 spiro atoms. The zero-order valence-electron chi connectivity index (χ0n) is 31.1. The molecule has 0 bridgehead atoms. The van der Waals surface area contributed by atoms with Crippen molar-refractivity contribution in [2.24, 2.45) is 38.0 Å². The summed E-state index contributed by atoms with van der Waals surface area (Å²) in [6.45, 7) is 25.4. The standard InChI is InChI=1S/C18H39OP.2C4H13P.Ba.6HNO2.2H/c1-4-7-10-12-15-17(14-9-6-3)18(19,20)16-13-11-8-5-2;2*1-5(2,3)4;;6*2-1-3;;/h17,19H,4-16,20H2,1-3H3;2*5H,1-4H3;;6*(H,2,3);;. The third-order valence-electron chi connectivity index (χ3n) is 4.45. The molecule has 19 nitrogen and oxygen atoms in total. The van der Waals surface area contributed by atoms with Gasteiger partial charge in [0.05, 0.1) is 5.34 Å². The van der Waals surface area contributed by atoms with Gasteiger partial charge in [-0.2, -0.15) is 0 Å². The SMILES string of the molecule is CCCCCCC(CCCC)C(O)(P)CCCCCC.C[PH](C)(C)C.C[PH](C)(C)C.O=NO.O=NO.O=NO.O=NO.O=NO.O=NO.[BaH2]. The number of nitrogens with zero attached hydrogens (tertiary/aromatic N) is 6. The summed E-state index contributed by atoms with van der Waals surface area (Å²) in [4.78, 5) is 48.7. The second kappa shape index (κ2) is 65.6. The molecule has 3 atom stereocenters. The van der Waals surface area contributed by atoms with Gasteiger partial charge in [-0.3, -0.25) is 0 Å². The van der Waals surface area contributed by atoms with Gasteiger partial charge in [-0.1, -0.05) is 85.0 Å². The van der Waals surface area contributed by atoms with Crippen LogP contribution in [0.25, 0.3) is 0 Å². The van der Waals surface area contributed by atoms with E-state index in [2.05, 4.69) is 83.3 Å². The molecule has 0 aromatic rings. The molecule has 0 radical (unpaired) electrons. The first-order chi connectivity index (χ1) is 22.1. The second-order valence-electron chi connectivity index (χ2n) is 13.0. The van der Waals surface area contributed by atoms with Gasteiger partial charge in [0, 0.05) is 0 Å². The van der Waals surface area contributed by atoms with E-state index in [9.17, 15) is 5.11 Å². The zero-order chi connectivity index (χ0) is 40.5. The van der Waals surface area contributed by atoms with E-state index in [1.54, 1.807) is 0 Å². The average molecular weight is 908 g/mol.